The maximum absolute atomic E-state index is 13.5. The number of halogens is 2. The molecular weight excluding hydrogens is 271 g/mol. The monoisotopic (exact) mass is 280 g/mol. The lowest BCUT2D eigenvalue weighted by Crippen LogP contribution is -2.15. The summed E-state index contributed by atoms with van der Waals surface area (Å²) in [4.78, 5) is 0. The third-order valence-electron chi connectivity index (χ3n) is 2.40. The minimum absolute atomic E-state index is 0.0248. The summed E-state index contributed by atoms with van der Waals surface area (Å²) in [5.41, 5.74) is 5.73. The Morgan fingerprint density at radius 1 is 1.16 bits per heavy atom. The van der Waals surface area contributed by atoms with Crippen LogP contribution in [0.25, 0.3) is 0 Å². The summed E-state index contributed by atoms with van der Waals surface area (Å²) in [6.45, 7) is 0. The topological polar surface area (TPSA) is 67.8 Å². The van der Waals surface area contributed by atoms with Crippen LogP contribution < -0.4 is 10.5 Å². The summed E-state index contributed by atoms with van der Waals surface area (Å²) in [7, 11) is 0. The van der Waals surface area contributed by atoms with Gasteiger partial charge in [0.15, 0.2) is 17.4 Å². The second-order valence-corrected chi connectivity index (χ2v) is 4.04. The Morgan fingerprint density at radius 2 is 1.84 bits per heavy atom. The van der Waals surface area contributed by atoms with Crippen LogP contribution in [0.2, 0.25) is 5.02 Å². The highest BCUT2D eigenvalue weighted by atomic mass is 35.5. The van der Waals surface area contributed by atoms with Crippen molar-refractivity contribution in [3.05, 3.63) is 58.9 Å². The summed E-state index contributed by atoms with van der Waals surface area (Å²) in [6.07, 6.45) is 0. The van der Waals surface area contributed by atoms with Crippen molar-refractivity contribution in [2.75, 3.05) is 0 Å². The molecule has 2 aromatic carbocycles. The van der Waals surface area contributed by atoms with Crippen molar-refractivity contribution in [1.82, 2.24) is 0 Å². The van der Waals surface area contributed by atoms with E-state index >= 15 is 0 Å². The zero-order valence-electron chi connectivity index (χ0n) is 9.68. The molecule has 0 radical (unpaired) electrons. The molecule has 0 heterocycles. The van der Waals surface area contributed by atoms with Gasteiger partial charge in [0.25, 0.3) is 0 Å². The van der Waals surface area contributed by atoms with Crippen LogP contribution in [0, 0.1) is 5.82 Å². The minimum atomic E-state index is -0.520. The first-order valence-electron chi connectivity index (χ1n) is 5.32. The lowest BCUT2D eigenvalue weighted by molar-refractivity contribution is 0.318. The van der Waals surface area contributed by atoms with Crippen LogP contribution in [0.15, 0.2) is 47.6 Å². The highest BCUT2D eigenvalue weighted by Gasteiger charge is 2.14. The van der Waals surface area contributed by atoms with Crippen LogP contribution in [0.5, 0.6) is 11.5 Å². The van der Waals surface area contributed by atoms with Gasteiger partial charge in [-0.3, -0.25) is 0 Å². The van der Waals surface area contributed by atoms with E-state index in [-0.39, 0.29) is 27.9 Å². The molecule has 0 saturated carbocycles. The van der Waals surface area contributed by atoms with E-state index < -0.39 is 5.82 Å². The smallest absolute Gasteiger partial charge is 0.175 e. The van der Waals surface area contributed by atoms with Crippen molar-refractivity contribution in [2.45, 2.75) is 0 Å². The highest BCUT2D eigenvalue weighted by Crippen LogP contribution is 2.31. The minimum Gasteiger partial charge on any atom is -0.453 e. The Labute approximate surface area is 113 Å². The Hall–Kier alpha value is -2.27. The van der Waals surface area contributed by atoms with Crippen LogP contribution >= 0.6 is 11.6 Å². The Morgan fingerprint density at radius 3 is 2.53 bits per heavy atom. The third kappa shape index (κ3) is 2.77. The van der Waals surface area contributed by atoms with E-state index in [1.807, 2.05) is 0 Å². The number of ether oxygens (including phenoxy) is 1. The maximum Gasteiger partial charge on any atom is 0.175 e. The SMILES string of the molecule is NC(=NO)c1c(Cl)cccc1Oc1ccccc1F. The molecule has 0 aliphatic rings. The molecule has 0 saturated heterocycles. The van der Waals surface area contributed by atoms with Gasteiger partial charge in [-0.2, -0.15) is 0 Å². The first kappa shape index (κ1) is 13.2. The lowest BCUT2D eigenvalue weighted by Gasteiger charge is -2.11. The van der Waals surface area contributed by atoms with Crippen molar-refractivity contribution < 1.29 is 14.3 Å². The second kappa shape index (κ2) is 5.58. The fourth-order valence-electron chi connectivity index (χ4n) is 1.53. The quantitative estimate of drug-likeness (QED) is 0.392. The van der Waals surface area contributed by atoms with Crippen LogP contribution in [-0.4, -0.2) is 11.0 Å². The van der Waals surface area contributed by atoms with E-state index in [0.29, 0.717) is 0 Å². The number of hydrogen-bond donors (Lipinski definition) is 2. The van der Waals surface area contributed by atoms with Gasteiger partial charge in [0, 0.05) is 0 Å². The fourth-order valence-corrected chi connectivity index (χ4v) is 1.80. The molecule has 2 rings (SSSR count). The highest BCUT2D eigenvalue weighted by molar-refractivity contribution is 6.34. The first-order chi connectivity index (χ1) is 9.13. The number of para-hydroxylation sites is 1. The molecule has 98 valence electrons. The van der Waals surface area contributed by atoms with Crippen molar-refractivity contribution in [2.24, 2.45) is 10.9 Å². The molecule has 19 heavy (non-hydrogen) atoms. The largest absolute Gasteiger partial charge is 0.453 e. The third-order valence-corrected chi connectivity index (χ3v) is 2.71. The van der Waals surface area contributed by atoms with Gasteiger partial charge in [0.05, 0.1) is 10.6 Å². The van der Waals surface area contributed by atoms with Crippen LogP contribution in [0.4, 0.5) is 4.39 Å². The Kier molecular flexibility index (Phi) is 3.87. The zero-order valence-corrected chi connectivity index (χ0v) is 10.4. The maximum atomic E-state index is 13.5. The van der Waals surface area contributed by atoms with Gasteiger partial charge < -0.3 is 15.7 Å². The molecule has 0 unspecified atom stereocenters. The van der Waals surface area contributed by atoms with E-state index in [0.717, 1.165) is 0 Å². The van der Waals surface area contributed by atoms with Crippen LogP contribution in [-0.2, 0) is 0 Å². The first-order valence-corrected chi connectivity index (χ1v) is 5.70. The number of hydrogen-bond acceptors (Lipinski definition) is 3. The van der Waals surface area contributed by atoms with Gasteiger partial charge in [0.2, 0.25) is 0 Å². The number of nitrogens with two attached hydrogens (primary N) is 1. The summed E-state index contributed by atoms with van der Waals surface area (Å²) < 4.78 is 18.9. The standard InChI is InChI=1S/C13H10ClFN2O2/c14-8-4-3-7-11(12(8)13(16)17-18)19-10-6-2-1-5-9(10)15/h1-7,18H,(H2,16,17). The molecule has 2 aromatic rings. The number of rotatable bonds is 3. The normalized spacial score (nSPS) is 11.4. The van der Waals surface area contributed by atoms with Gasteiger partial charge in [0.1, 0.15) is 5.75 Å². The van der Waals surface area contributed by atoms with E-state index in [4.69, 9.17) is 27.3 Å². The summed E-state index contributed by atoms with van der Waals surface area (Å²) in [6, 6.07) is 10.6. The molecule has 4 nitrogen and oxygen atoms in total. The molecule has 0 bridgehead atoms. The molecule has 6 heteroatoms. The van der Waals surface area contributed by atoms with Crippen molar-refractivity contribution in [3.8, 4) is 11.5 Å². The predicted molar refractivity (Wildman–Crippen MR) is 70.4 cm³/mol. The predicted octanol–water partition coefficient (Wildman–Crippen LogP) is 3.37. The van der Waals surface area contributed by atoms with Gasteiger partial charge in [-0.25, -0.2) is 4.39 Å². The number of nitrogens with zero attached hydrogens (tertiary/aromatic N) is 1. The van der Waals surface area contributed by atoms with E-state index in [1.54, 1.807) is 30.3 Å². The number of benzene rings is 2. The number of amidine groups is 1. The Bertz CT molecular complexity index is 632. The molecule has 0 amide bonds. The molecule has 0 aromatic heterocycles. The second-order valence-electron chi connectivity index (χ2n) is 3.63. The van der Waals surface area contributed by atoms with E-state index in [1.165, 1.54) is 12.1 Å². The molecule has 0 atom stereocenters. The van der Waals surface area contributed by atoms with Crippen molar-refractivity contribution in [3.63, 3.8) is 0 Å². The summed E-state index contributed by atoms with van der Waals surface area (Å²) >= 11 is 5.96. The lowest BCUT2D eigenvalue weighted by atomic mass is 10.2. The van der Waals surface area contributed by atoms with Gasteiger partial charge >= 0.3 is 0 Å². The van der Waals surface area contributed by atoms with E-state index in [9.17, 15) is 4.39 Å². The van der Waals surface area contributed by atoms with Crippen molar-refractivity contribution in [1.29, 1.82) is 0 Å². The number of oxime groups is 1. The van der Waals surface area contributed by atoms with E-state index in [2.05, 4.69) is 5.16 Å². The Balaban J connectivity index is 2.47. The van der Waals surface area contributed by atoms with Crippen molar-refractivity contribution >= 4 is 17.4 Å². The summed E-state index contributed by atoms with van der Waals surface area (Å²) in [5.74, 6) is -0.505. The average Bonchev–Trinajstić information content (AvgIpc) is 2.41. The fraction of sp³-hybridized carbons (Fsp3) is 0. The van der Waals surface area contributed by atoms with Gasteiger partial charge in [-0.05, 0) is 24.3 Å². The molecule has 0 aliphatic carbocycles. The van der Waals surface area contributed by atoms with Gasteiger partial charge in [-0.15, -0.1) is 0 Å². The molecule has 3 N–H and O–H groups in total. The average molecular weight is 281 g/mol. The molecule has 0 fully saturated rings. The van der Waals surface area contributed by atoms with Crippen LogP contribution in [0.3, 0.4) is 0 Å². The molecule has 0 aliphatic heterocycles. The summed E-state index contributed by atoms with van der Waals surface area (Å²) in [5, 5.41) is 11.9. The van der Waals surface area contributed by atoms with Crippen LogP contribution in [0.1, 0.15) is 5.56 Å². The molecular formula is C13H10ClFN2O2. The molecule has 0 spiro atoms. The zero-order chi connectivity index (χ0) is 13.8. The van der Waals surface area contributed by atoms with Gasteiger partial charge in [-0.1, -0.05) is 35.0 Å².